The van der Waals surface area contributed by atoms with Crippen molar-refractivity contribution in [3.63, 3.8) is 0 Å². The minimum atomic E-state index is -4.71. The van der Waals surface area contributed by atoms with Gasteiger partial charge in [0, 0.05) is 19.0 Å². The third-order valence-electron chi connectivity index (χ3n) is 4.92. The summed E-state index contributed by atoms with van der Waals surface area (Å²) in [5.74, 6) is -4.79. The predicted octanol–water partition coefficient (Wildman–Crippen LogP) is 5.78. The summed E-state index contributed by atoms with van der Waals surface area (Å²) in [7, 11) is 0. The Hall–Kier alpha value is -2.94. The van der Waals surface area contributed by atoms with Gasteiger partial charge in [-0.1, -0.05) is 29.8 Å². The first-order valence-electron chi connectivity index (χ1n) is 9.98. The Kier molecular flexibility index (Phi) is 7.11. The topological polar surface area (TPSA) is 58.2 Å². The number of carbonyl (C=O) groups is 2. The van der Waals surface area contributed by atoms with Crippen molar-refractivity contribution in [2.24, 2.45) is 0 Å². The fraction of sp³-hybridized carbons (Fsp3) is 0.304. The lowest BCUT2D eigenvalue weighted by Gasteiger charge is -2.25. The van der Waals surface area contributed by atoms with E-state index in [1.165, 1.54) is 24.3 Å². The zero-order chi connectivity index (χ0) is 24.4. The van der Waals surface area contributed by atoms with Gasteiger partial charge in [0.05, 0.1) is 16.1 Å². The van der Waals surface area contributed by atoms with Gasteiger partial charge in [-0.2, -0.15) is 13.2 Å². The van der Waals surface area contributed by atoms with Crippen LogP contribution in [-0.4, -0.2) is 23.8 Å². The Labute approximate surface area is 191 Å². The van der Waals surface area contributed by atoms with Crippen LogP contribution in [-0.2, 0) is 11.0 Å². The Morgan fingerprint density at radius 1 is 1.09 bits per heavy atom. The molecular weight excluding hydrogens is 467 g/mol. The first-order valence-corrected chi connectivity index (χ1v) is 10.4. The van der Waals surface area contributed by atoms with Crippen molar-refractivity contribution < 1.29 is 31.5 Å². The second kappa shape index (κ2) is 9.51. The molecule has 1 saturated carbocycles. The molecule has 0 radical (unpaired) electrons. The zero-order valence-electron chi connectivity index (χ0n) is 17.3. The molecule has 2 N–H and O–H groups in total. The molecule has 0 aliphatic heterocycles. The van der Waals surface area contributed by atoms with Crippen LogP contribution in [0.1, 0.15) is 52.9 Å². The molecule has 1 aliphatic rings. The van der Waals surface area contributed by atoms with Gasteiger partial charge in [-0.15, -0.1) is 0 Å². The first-order chi connectivity index (χ1) is 15.3. The summed E-state index contributed by atoms with van der Waals surface area (Å²) in [5.41, 5.74) is -0.787. The summed E-state index contributed by atoms with van der Waals surface area (Å²) in [6.07, 6.45) is -0.633. The van der Waals surface area contributed by atoms with Gasteiger partial charge >= 0.3 is 6.18 Å². The molecule has 0 spiro atoms. The number of nitrogens with one attached hydrogen (secondary N) is 2. The number of alkyl halides is 5. The number of hydrogen-bond donors (Lipinski definition) is 2. The van der Waals surface area contributed by atoms with Crippen LogP contribution in [0.25, 0.3) is 6.08 Å². The van der Waals surface area contributed by atoms with Crippen molar-refractivity contribution >= 4 is 29.5 Å². The van der Waals surface area contributed by atoms with Crippen molar-refractivity contribution in [2.45, 2.75) is 43.9 Å². The van der Waals surface area contributed by atoms with E-state index in [1.54, 1.807) is 0 Å². The minimum Gasteiger partial charge on any atom is -0.349 e. The molecule has 0 saturated heterocycles. The van der Waals surface area contributed by atoms with E-state index in [9.17, 15) is 31.5 Å². The van der Waals surface area contributed by atoms with E-state index in [0.29, 0.717) is 18.6 Å². The Balaban J connectivity index is 1.73. The SMILES string of the molecule is CC(F)(F)C(NC(=O)C=Cc1ccc(C(=O)NC2CC2)c(Cl)c1)c1cccc(C(F)(F)F)c1. The second-order valence-electron chi connectivity index (χ2n) is 7.84. The molecule has 4 nitrogen and oxygen atoms in total. The quantitative estimate of drug-likeness (QED) is 0.385. The van der Waals surface area contributed by atoms with Crippen LogP contribution in [0.4, 0.5) is 22.0 Å². The third kappa shape index (κ3) is 6.77. The fourth-order valence-electron chi connectivity index (χ4n) is 3.07. The molecule has 2 aromatic carbocycles. The Bertz CT molecular complexity index is 1080. The molecule has 176 valence electrons. The smallest absolute Gasteiger partial charge is 0.349 e. The van der Waals surface area contributed by atoms with Crippen LogP contribution in [0, 0.1) is 0 Å². The lowest BCUT2D eigenvalue weighted by molar-refractivity contribution is -0.137. The zero-order valence-corrected chi connectivity index (χ0v) is 18.1. The van der Waals surface area contributed by atoms with E-state index in [0.717, 1.165) is 37.1 Å². The maximum atomic E-state index is 14.1. The van der Waals surface area contributed by atoms with Crippen LogP contribution >= 0.6 is 11.6 Å². The van der Waals surface area contributed by atoms with Gasteiger partial charge in [0.1, 0.15) is 6.04 Å². The lowest BCUT2D eigenvalue weighted by Crippen LogP contribution is -2.38. The fourth-order valence-corrected chi connectivity index (χ4v) is 3.34. The first kappa shape index (κ1) is 24.7. The highest BCUT2D eigenvalue weighted by Gasteiger charge is 2.38. The van der Waals surface area contributed by atoms with Crippen molar-refractivity contribution in [2.75, 3.05) is 0 Å². The van der Waals surface area contributed by atoms with E-state index in [1.807, 2.05) is 0 Å². The second-order valence-corrected chi connectivity index (χ2v) is 8.25. The van der Waals surface area contributed by atoms with Crippen molar-refractivity contribution in [3.8, 4) is 0 Å². The molecule has 2 aromatic rings. The number of rotatable bonds is 7. The number of amides is 2. The summed E-state index contributed by atoms with van der Waals surface area (Å²) in [6.45, 7) is 0.507. The number of halogens is 6. The summed E-state index contributed by atoms with van der Waals surface area (Å²) in [6, 6.07) is 6.04. The summed E-state index contributed by atoms with van der Waals surface area (Å²) in [5, 5.41) is 5.00. The van der Waals surface area contributed by atoms with Gasteiger partial charge in [-0.3, -0.25) is 9.59 Å². The normalized spacial score (nSPS) is 15.4. The van der Waals surface area contributed by atoms with E-state index in [-0.39, 0.29) is 28.1 Å². The van der Waals surface area contributed by atoms with Gasteiger partial charge in [-0.25, -0.2) is 8.78 Å². The molecule has 33 heavy (non-hydrogen) atoms. The molecule has 1 aliphatic carbocycles. The molecule has 0 heterocycles. The average Bonchev–Trinajstić information content (AvgIpc) is 3.53. The molecule has 3 rings (SSSR count). The lowest BCUT2D eigenvalue weighted by atomic mass is 9.99. The van der Waals surface area contributed by atoms with Gasteiger partial charge < -0.3 is 10.6 Å². The van der Waals surface area contributed by atoms with Crippen LogP contribution in [0.3, 0.4) is 0 Å². The molecule has 1 atom stereocenters. The highest BCUT2D eigenvalue weighted by molar-refractivity contribution is 6.34. The number of hydrogen-bond acceptors (Lipinski definition) is 2. The van der Waals surface area contributed by atoms with Crippen LogP contribution in [0.15, 0.2) is 48.5 Å². The Morgan fingerprint density at radius 2 is 1.79 bits per heavy atom. The van der Waals surface area contributed by atoms with E-state index in [2.05, 4.69) is 10.6 Å². The van der Waals surface area contributed by atoms with Gasteiger partial charge in [0.2, 0.25) is 5.91 Å². The molecule has 10 heteroatoms. The van der Waals surface area contributed by atoms with Crippen molar-refractivity contribution in [3.05, 3.63) is 75.8 Å². The number of carbonyl (C=O) groups excluding carboxylic acids is 2. The molecule has 1 unspecified atom stereocenters. The van der Waals surface area contributed by atoms with E-state index in [4.69, 9.17) is 11.6 Å². The van der Waals surface area contributed by atoms with Crippen molar-refractivity contribution in [1.29, 1.82) is 0 Å². The molecule has 2 amide bonds. The maximum Gasteiger partial charge on any atom is 0.416 e. The average molecular weight is 487 g/mol. The van der Waals surface area contributed by atoms with E-state index < -0.39 is 29.6 Å². The molecule has 0 bridgehead atoms. The van der Waals surface area contributed by atoms with Gasteiger partial charge in [0.25, 0.3) is 11.8 Å². The monoisotopic (exact) mass is 486 g/mol. The standard InChI is InChI=1S/C23H20ClF5N2O2/c1-22(25,26)20(14-3-2-4-15(12-14)23(27,28)29)31-19(32)10-6-13-5-9-17(18(24)11-13)21(33)30-16-7-8-16/h2-6,9-12,16,20H,7-8H2,1H3,(H,30,33)(H,31,32). The van der Waals surface area contributed by atoms with Crippen LogP contribution in [0.5, 0.6) is 0 Å². The molecule has 1 fully saturated rings. The Morgan fingerprint density at radius 3 is 2.36 bits per heavy atom. The van der Waals surface area contributed by atoms with Crippen LogP contribution in [0.2, 0.25) is 5.02 Å². The predicted molar refractivity (Wildman–Crippen MR) is 114 cm³/mol. The van der Waals surface area contributed by atoms with Crippen LogP contribution < -0.4 is 10.6 Å². The third-order valence-corrected chi connectivity index (χ3v) is 5.23. The minimum absolute atomic E-state index is 0.151. The van der Waals surface area contributed by atoms with Gasteiger partial charge in [0.15, 0.2) is 0 Å². The molecule has 0 aromatic heterocycles. The summed E-state index contributed by atoms with van der Waals surface area (Å²) >= 11 is 6.13. The highest BCUT2D eigenvalue weighted by atomic mass is 35.5. The largest absolute Gasteiger partial charge is 0.416 e. The summed E-state index contributed by atoms with van der Waals surface area (Å²) < 4.78 is 67.1. The van der Waals surface area contributed by atoms with Crippen molar-refractivity contribution in [1.82, 2.24) is 10.6 Å². The highest BCUT2D eigenvalue weighted by Crippen LogP contribution is 2.35. The van der Waals surface area contributed by atoms with Gasteiger partial charge in [-0.05, 0) is 54.3 Å². The maximum absolute atomic E-state index is 14.1. The summed E-state index contributed by atoms with van der Waals surface area (Å²) in [4.78, 5) is 24.4. The van der Waals surface area contributed by atoms with E-state index >= 15 is 0 Å². The molecular formula is C23H20ClF5N2O2. The number of benzene rings is 2.